The van der Waals surface area contributed by atoms with Crippen LogP contribution in [0.25, 0.3) is 0 Å². The molecule has 0 spiro atoms. The Labute approximate surface area is 142 Å². The van der Waals surface area contributed by atoms with Crippen molar-refractivity contribution >= 4 is 58.8 Å². The van der Waals surface area contributed by atoms with Crippen LogP contribution in [0, 0.1) is 7.14 Å². The van der Waals surface area contributed by atoms with Crippen molar-refractivity contribution in [2.75, 3.05) is 0 Å². The van der Waals surface area contributed by atoms with E-state index in [1.165, 1.54) is 7.14 Å². The van der Waals surface area contributed by atoms with E-state index >= 15 is 0 Å². The summed E-state index contributed by atoms with van der Waals surface area (Å²) in [5.41, 5.74) is 0. The molecule has 0 saturated heterocycles. The number of rotatable bonds is 2. The first-order chi connectivity index (χ1) is 8.06. The van der Waals surface area contributed by atoms with Gasteiger partial charge in [-0.25, -0.2) is 0 Å². The van der Waals surface area contributed by atoms with Crippen molar-refractivity contribution in [1.82, 2.24) is 0 Å². The molecule has 0 saturated carbocycles. The van der Waals surface area contributed by atoms with Gasteiger partial charge in [-0.2, -0.15) is 0 Å². The van der Waals surface area contributed by atoms with Gasteiger partial charge in [0.1, 0.15) is 0 Å². The third kappa shape index (κ3) is 4.32. The molecule has 0 N–H and O–H groups in total. The zero-order valence-electron chi connectivity index (χ0n) is 8.76. The molecule has 0 radical (unpaired) electrons. The summed E-state index contributed by atoms with van der Waals surface area (Å²) in [6, 6.07) is 11.4. The molecule has 0 bridgehead atoms. The summed E-state index contributed by atoms with van der Waals surface area (Å²) in [6.07, 6.45) is 0. The van der Waals surface area contributed by atoms with Crippen LogP contribution in [-0.4, -0.2) is 0 Å². The number of benzene rings is 2. The lowest BCUT2D eigenvalue weighted by molar-refractivity contribution is -0.597. The first-order valence-electron chi connectivity index (χ1n) is 4.61. The highest BCUT2D eigenvalue weighted by molar-refractivity contribution is 6.42. The highest BCUT2D eigenvalue weighted by Gasteiger charge is 2.17. The lowest BCUT2D eigenvalue weighted by atomic mass is 10.4. The second-order valence-electron chi connectivity index (χ2n) is 3.21. The van der Waals surface area contributed by atoms with E-state index < -0.39 is 0 Å². The Morgan fingerprint density at radius 2 is 1.00 bits per heavy atom. The van der Waals surface area contributed by atoms with Gasteiger partial charge in [-0.3, -0.25) is 0 Å². The average Bonchev–Trinajstić information content (AvgIpc) is 2.29. The van der Waals surface area contributed by atoms with Crippen LogP contribution in [0.4, 0.5) is 0 Å². The van der Waals surface area contributed by atoms with Crippen molar-refractivity contribution in [2.24, 2.45) is 0 Å². The maximum absolute atomic E-state index is 5.98. The quantitative estimate of drug-likeness (QED) is 0.483. The van der Waals surface area contributed by atoms with Gasteiger partial charge in [-0.15, -0.1) is 12.4 Å². The lowest BCUT2D eigenvalue weighted by Crippen LogP contribution is -3.61. The largest absolute Gasteiger partial charge is 0.358 e. The van der Waals surface area contributed by atoms with Gasteiger partial charge in [0.2, 0.25) is 0 Å². The van der Waals surface area contributed by atoms with E-state index in [9.17, 15) is 0 Å². The van der Waals surface area contributed by atoms with Crippen molar-refractivity contribution in [3.8, 4) is 0 Å². The summed E-state index contributed by atoms with van der Waals surface area (Å²) in [5.74, 6) is 0. The van der Waals surface area contributed by atoms with E-state index in [0.717, 1.165) is 0 Å². The summed E-state index contributed by atoms with van der Waals surface area (Å²) in [6.45, 7) is 0. The van der Waals surface area contributed by atoms with Crippen LogP contribution in [0.5, 0.6) is 0 Å². The minimum absolute atomic E-state index is 0. The minimum atomic E-state index is -0.317. The number of hydrogen-bond acceptors (Lipinski definition) is 0. The van der Waals surface area contributed by atoms with Gasteiger partial charge in [0.15, 0.2) is 7.14 Å². The van der Waals surface area contributed by atoms with Crippen LogP contribution < -0.4 is 21.2 Å². The van der Waals surface area contributed by atoms with Gasteiger partial charge in [0.25, 0.3) is 0 Å². The van der Waals surface area contributed by atoms with Crippen molar-refractivity contribution < 1.29 is 21.2 Å². The summed E-state index contributed by atoms with van der Waals surface area (Å²) >= 11 is 23.4. The third-order valence-corrected chi connectivity index (χ3v) is 6.05. The van der Waals surface area contributed by atoms with Crippen molar-refractivity contribution in [2.45, 2.75) is 0 Å². The summed E-state index contributed by atoms with van der Waals surface area (Å²) in [5, 5.41) is 2.33. The predicted molar refractivity (Wildman–Crippen MR) is 77.6 cm³/mol. The molecule has 0 heterocycles. The summed E-state index contributed by atoms with van der Waals surface area (Å²) < 4.78 is 2.38. The molecule has 18 heavy (non-hydrogen) atoms. The second-order valence-corrected chi connectivity index (χ2v) is 7.87. The molecule has 2 rings (SSSR count). The zero-order valence-corrected chi connectivity index (χ0v) is 14.8. The molecule has 0 aliphatic carbocycles. The molecule has 0 amide bonds. The standard InChI is InChI=1S/C12H6Cl4I.ClH/c13-9-3-1-7(5-11(9)15)17-8-2-4-10(14)12(16)6-8;/h1-6H;1H/q+1;. The average molecular weight is 455 g/mol. The predicted octanol–water partition coefficient (Wildman–Crippen LogP) is 2.85. The first-order valence-corrected chi connectivity index (χ1v) is 8.28. The fourth-order valence-corrected chi connectivity index (χ4v) is 4.52. The number of hydrogen-bond donors (Lipinski definition) is 0. The molecule has 2 aromatic rings. The Hall–Kier alpha value is 0.620. The van der Waals surface area contributed by atoms with E-state index in [1.807, 2.05) is 36.4 Å². The van der Waals surface area contributed by atoms with Crippen LogP contribution in [0.2, 0.25) is 20.1 Å². The molecular formula is C12H7Cl5I+. The molecule has 0 aliphatic heterocycles. The van der Waals surface area contributed by atoms with Gasteiger partial charge < -0.3 is 0 Å². The Morgan fingerprint density at radius 3 is 1.33 bits per heavy atom. The maximum Gasteiger partial charge on any atom is 0.358 e. The van der Waals surface area contributed by atoms with E-state index in [0.29, 0.717) is 20.1 Å². The molecule has 0 atom stereocenters. The van der Waals surface area contributed by atoms with Gasteiger partial charge >= 0.3 is 21.2 Å². The van der Waals surface area contributed by atoms with Crippen molar-refractivity contribution in [3.05, 3.63) is 63.6 Å². The van der Waals surface area contributed by atoms with Gasteiger partial charge in [0.05, 0.1) is 20.1 Å². The van der Waals surface area contributed by atoms with Crippen LogP contribution in [0.1, 0.15) is 0 Å². The molecule has 6 heteroatoms. The van der Waals surface area contributed by atoms with Crippen LogP contribution >= 0.6 is 58.8 Å². The van der Waals surface area contributed by atoms with Gasteiger partial charge in [-0.1, -0.05) is 46.4 Å². The van der Waals surface area contributed by atoms with Crippen LogP contribution in [0.3, 0.4) is 0 Å². The zero-order chi connectivity index (χ0) is 12.4. The fraction of sp³-hybridized carbons (Fsp3) is 0. The SMILES string of the molecule is Cl.Clc1ccc([I+]c2ccc(Cl)c(Cl)c2)cc1Cl. The molecule has 2 aromatic carbocycles. The summed E-state index contributed by atoms with van der Waals surface area (Å²) in [7, 11) is 0. The van der Waals surface area contributed by atoms with Gasteiger partial charge in [-0.05, 0) is 24.3 Å². The normalized spacial score (nSPS) is 10.0. The van der Waals surface area contributed by atoms with E-state index in [1.54, 1.807) is 0 Å². The molecular weight excluding hydrogens is 448 g/mol. The second kappa shape index (κ2) is 7.41. The molecule has 0 nitrogen and oxygen atoms in total. The van der Waals surface area contributed by atoms with Crippen molar-refractivity contribution in [1.29, 1.82) is 0 Å². The summed E-state index contributed by atoms with van der Waals surface area (Å²) in [4.78, 5) is 0. The Kier molecular flexibility index (Phi) is 6.87. The van der Waals surface area contributed by atoms with Crippen LogP contribution in [0.15, 0.2) is 36.4 Å². The monoisotopic (exact) mass is 453 g/mol. The molecule has 0 unspecified atom stereocenters. The van der Waals surface area contributed by atoms with Crippen molar-refractivity contribution in [3.63, 3.8) is 0 Å². The highest BCUT2D eigenvalue weighted by atomic mass is 127. The molecule has 0 aliphatic rings. The van der Waals surface area contributed by atoms with E-state index in [-0.39, 0.29) is 33.6 Å². The highest BCUT2D eigenvalue weighted by Crippen LogP contribution is 2.20. The topological polar surface area (TPSA) is 0 Å². The van der Waals surface area contributed by atoms with E-state index in [4.69, 9.17) is 46.4 Å². The Balaban J connectivity index is 0.00000162. The smallest absolute Gasteiger partial charge is 0.147 e. The van der Waals surface area contributed by atoms with E-state index in [2.05, 4.69) is 0 Å². The maximum atomic E-state index is 5.98. The molecule has 0 aromatic heterocycles. The van der Waals surface area contributed by atoms with Gasteiger partial charge in [0, 0.05) is 12.1 Å². The van der Waals surface area contributed by atoms with Crippen LogP contribution in [-0.2, 0) is 0 Å². The minimum Gasteiger partial charge on any atom is -0.147 e. The lowest BCUT2D eigenvalue weighted by Gasteiger charge is -1.94. The third-order valence-electron chi connectivity index (χ3n) is 1.98. The molecule has 0 fully saturated rings. The first kappa shape index (κ1) is 16.7. The Bertz CT molecular complexity index is 507. The Morgan fingerprint density at radius 1 is 0.611 bits per heavy atom. The molecule has 96 valence electrons. The fourth-order valence-electron chi connectivity index (χ4n) is 1.18. The number of halogens is 6.